The van der Waals surface area contributed by atoms with Crippen LogP contribution in [0.4, 0.5) is 0 Å². The Balaban J connectivity index is 2.46. The van der Waals surface area contributed by atoms with Crippen molar-refractivity contribution < 1.29 is 0 Å². The molecule has 0 saturated carbocycles. The summed E-state index contributed by atoms with van der Waals surface area (Å²) in [4.78, 5) is 2.24. The summed E-state index contributed by atoms with van der Waals surface area (Å²) in [6.07, 6.45) is 0. The summed E-state index contributed by atoms with van der Waals surface area (Å²) < 4.78 is 1.19. The van der Waals surface area contributed by atoms with Gasteiger partial charge in [-0.2, -0.15) is 0 Å². The fourth-order valence-electron chi connectivity index (χ4n) is 2.24. The Morgan fingerprint density at radius 3 is 2.50 bits per heavy atom. The molecule has 3 heteroatoms. The minimum absolute atomic E-state index is 0.292. The molecular weight excluding hydrogens is 288 g/mol. The Morgan fingerprint density at radius 2 is 1.94 bits per heavy atom. The van der Waals surface area contributed by atoms with Gasteiger partial charge in [0.2, 0.25) is 0 Å². The molecule has 0 saturated heterocycles. The van der Waals surface area contributed by atoms with Gasteiger partial charge in [0.1, 0.15) is 0 Å². The molecule has 0 bridgehead atoms. The van der Waals surface area contributed by atoms with Gasteiger partial charge in [-0.3, -0.25) is 0 Å². The second-order valence-corrected chi connectivity index (χ2v) is 6.95. The Kier molecular flexibility index (Phi) is 5.83. The number of hydrogen-bond acceptors (Lipinski definition) is 2. The Morgan fingerprint density at radius 1 is 1.28 bits per heavy atom. The second-order valence-electron chi connectivity index (χ2n) is 6.10. The van der Waals surface area contributed by atoms with Crippen molar-refractivity contribution in [2.24, 2.45) is 5.41 Å². The zero-order valence-electron chi connectivity index (χ0n) is 12.2. The van der Waals surface area contributed by atoms with Gasteiger partial charge in [-0.05, 0) is 43.6 Å². The molecule has 0 fully saturated rings. The highest BCUT2D eigenvalue weighted by atomic mass is 79.9. The highest BCUT2D eigenvalue weighted by Gasteiger charge is 2.18. The molecule has 0 aliphatic heterocycles. The lowest BCUT2D eigenvalue weighted by Crippen LogP contribution is -2.37. The van der Waals surface area contributed by atoms with Crippen LogP contribution in [0.5, 0.6) is 0 Å². The van der Waals surface area contributed by atoms with Gasteiger partial charge in [0.15, 0.2) is 0 Å². The van der Waals surface area contributed by atoms with E-state index in [9.17, 15) is 0 Å². The molecule has 1 N–H and O–H groups in total. The van der Waals surface area contributed by atoms with Gasteiger partial charge in [-0.25, -0.2) is 0 Å². The molecule has 0 aliphatic carbocycles. The maximum atomic E-state index is 3.62. The zero-order valence-corrected chi connectivity index (χ0v) is 13.8. The molecule has 0 aliphatic rings. The van der Waals surface area contributed by atoms with Gasteiger partial charge in [0.25, 0.3) is 0 Å². The topological polar surface area (TPSA) is 15.3 Å². The number of benzene rings is 1. The summed E-state index contributed by atoms with van der Waals surface area (Å²) in [6.45, 7) is 9.73. The molecule has 0 unspecified atom stereocenters. The van der Waals surface area contributed by atoms with Crippen LogP contribution in [0.15, 0.2) is 22.7 Å². The second kappa shape index (κ2) is 6.69. The summed E-state index contributed by atoms with van der Waals surface area (Å²) >= 11 is 3.62. The zero-order chi connectivity index (χ0) is 13.8. The summed E-state index contributed by atoms with van der Waals surface area (Å²) in [6, 6.07) is 6.51. The number of hydrogen-bond donors (Lipinski definition) is 1. The van der Waals surface area contributed by atoms with E-state index >= 15 is 0 Å². The van der Waals surface area contributed by atoms with Gasteiger partial charge in [-0.15, -0.1) is 0 Å². The highest BCUT2D eigenvalue weighted by Crippen LogP contribution is 2.19. The molecule has 0 radical (unpaired) electrons. The predicted octanol–water partition coefficient (Wildman–Crippen LogP) is 3.43. The van der Waals surface area contributed by atoms with E-state index in [1.807, 2.05) is 0 Å². The van der Waals surface area contributed by atoms with E-state index in [1.54, 1.807) is 0 Å². The standard InChI is InChI=1S/C15H25BrN2/c1-12-6-7-13(14(16)8-12)9-17-10-15(2,3)11-18(4)5/h6-8,17H,9-11H2,1-5H3. The predicted molar refractivity (Wildman–Crippen MR) is 82.9 cm³/mol. The van der Waals surface area contributed by atoms with Crippen LogP contribution in [0.3, 0.4) is 0 Å². The van der Waals surface area contributed by atoms with E-state index in [0.29, 0.717) is 5.41 Å². The first kappa shape index (κ1) is 15.7. The SMILES string of the molecule is Cc1ccc(CNCC(C)(C)CN(C)C)c(Br)c1. The van der Waals surface area contributed by atoms with Crippen LogP contribution in [-0.2, 0) is 6.54 Å². The van der Waals surface area contributed by atoms with Crippen LogP contribution in [0.2, 0.25) is 0 Å². The molecule has 1 aromatic rings. The number of nitrogens with zero attached hydrogens (tertiary/aromatic N) is 1. The number of halogens is 1. The summed E-state index contributed by atoms with van der Waals surface area (Å²) in [5.41, 5.74) is 2.90. The lowest BCUT2D eigenvalue weighted by molar-refractivity contribution is 0.232. The monoisotopic (exact) mass is 312 g/mol. The molecule has 102 valence electrons. The van der Waals surface area contributed by atoms with Gasteiger partial charge in [0, 0.05) is 24.1 Å². The first-order valence-corrected chi connectivity index (χ1v) is 7.20. The molecule has 0 atom stereocenters. The van der Waals surface area contributed by atoms with E-state index in [4.69, 9.17) is 0 Å². The van der Waals surface area contributed by atoms with Crippen LogP contribution in [0.25, 0.3) is 0 Å². The van der Waals surface area contributed by atoms with Crippen molar-refractivity contribution >= 4 is 15.9 Å². The Labute approximate surface area is 120 Å². The van der Waals surface area contributed by atoms with Crippen LogP contribution in [0, 0.1) is 12.3 Å². The summed E-state index contributed by atoms with van der Waals surface area (Å²) in [5, 5.41) is 3.55. The van der Waals surface area contributed by atoms with E-state index in [0.717, 1.165) is 19.6 Å². The first-order chi connectivity index (χ1) is 8.30. The van der Waals surface area contributed by atoms with Crippen molar-refractivity contribution in [2.45, 2.75) is 27.3 Å². The molecule has 1 rings (SSSR count). The van der Waals surface area contributed by atoms with E-state index in [1.165, 1.54) is 15.6 Å². The third kappa shape index (κ3) is 5.51. The van der Waals surface area contributed by atoms with Crippen LogP contribution >= 0.6 is 15.9 Å². The van der Waals surface area contributed by atoms with Crippen LogP contribution in [0.1, 0.15) is 25.0 Å². The molecular formula is C15H25BrN2. The highest BCUT2D eigenvalue weighted by molar-refractivity contribution is 9.10. The van der Waals surface area contributed by atoms with Crippen molar-refractivity contribution in [3.63, 3.8) is 0 Å². The Bertz CT molecular complexity index is 386. The van der Waals surface area contributed by atoms with Gasteiger partial charge in [-0.1, -0.05) is 41.9 Å². The number of nitrogens with one attached hydrogen (secondary N) is 1. The molecule has 0 amide bonds. The first-order valence-electron chi connectivity index (χ1n) is 6.41. The van der Waals surface area contributed by atoms with Crippen molar-refractivity contribution in [3.8, 4) is 0 Å². The fraction of sp³-hybridized carbons (Fsp3) is 0.600. The quantitative estimate of drug-likeness (QED) is 0.865. The molecule has 18 heavy (non-hydrogen) atoms. The van der Waals surface area contributed by atoms with Crippen LogP contribution < -0.4 is 5.32 Å². The molecule has 1 aromatic carbocycles. The van der Waals surface area contributed by atoms with E-state index in [-0.39, 0.29) is 0 Å². The minimum atomic E-state index is 0.292. The fourth-order valence-corrected chi connectivity index (χ4v) is 2.88. The number of aryl methyl sites for hydroxylation is 1. The van der Waals surface area contributed by atoms with Gasteiger partial charge >= 0.3 is 0 Å². The summed E-state index contributed by atoms with van der Waals surface area (Å²) in [5.74, 6) is 0. The van der Waals surface area contributed by atoms with Crippen molar-refractivity contribution in [2.75, 3.05) is 27.2 Å². The lowest BCUT2D eigenvalue weighted by atomic mass is 9.93. The Hall–Kier alpha value is -0.380. The molecule has 0 spiro atoms. The molecule has 0 heterocycles. The summed E-state index contributed by atoms with van der Waals surface area (Å²) in [7, 11) is 4.25. The lowest BCUT2D eigenvalue weighted by Gasteiger charge is -2.28. The van der Waals surface area contributed by atoms with Crippen LogP contribution in [-0.4, -0.2) is 32.1 Å². The van der Waals surface area contributed by atoms with Crippen molar-refractivity contribution in [3.05, 3.63) is 33.8 Å². The third-order valence-corrected chi connectivity index (χ3v) is 3.61. The molecule has 2 nitrogen and oxygen atoms in total. The number of rotatable bonds is 6. The van der Waals surface area contributed by atoms with Gasteiger partial charge in [0.05, 0.1) is 0 Å². The maximum absolute atomic E-state index is 3.62. The van der Waals surface area contributed by atoms with E-state index < -0.39 is 0 Å². The minimum Gasteiger partial charge on any atom is -0.312 e. The smallest absolute Gasteiger partial charge is 0.0222 e. The normalized spacial score (nSPS) is 12.2. The average molecular weight is 313 g/mol. The van der Waals surface area contributed by atoms with Crippen molar-refractivity contribution in [1.29, 1.82) is 0 Å². The van der Waals surface area contributed by atoms with Crippen molar-refractivity contribution in [1.82, 2.24) is 10.2 Å². The van der Waals surface area contributed by atoms with Gasteiger partial charge < -0.3 is 10.2 Å². The maximum Gasteiger partial charge on any atom is 0.0222 e. The average Bonchev–Trinajstić information content (AvgIpc) is 2.19. The third-order valence-electron chi connectivity index (χ3n) is 2.87. The largest absolute Gasteiger partial charge is 0.312 e. The van der Waals surface area contributed by atoms with E-state index in [2.05, 4.69) is 79.2 Å². The molecule has 0 aromatic heterocycles.